The molecule has 0 bridgehead atoms. The molecule has 96 valence electrons. The van der Waals surface area contributed by atoms with Crippen LogP contribution in [0.2, 0.25) is 0 Å². The molecule has 0 spiro atoms. The first kappa shape index (κ1) is 12.9. The number of aromatic nitrogens is 2. The third-order valence-electron chi connectivity index (χ3n) is 2.52. The van der Waals surface area contributed by atoms with Crippen molar-refractivity contribution in [1.82, 2.24) is 10.2 Å². The number of ether oxygens (including phenoxy) is 1. The third kappa shape index (κ3) is 3.01. The zero-order valence-electron chi connectivity index (χ0n) is 10.6. The Labute approximate surface area is 111 Å². The van der Waals surface area contributed by atoms with Gasteiger partial charge in [-0.15, -0.1) is 21.8 Å². The highest BCUT2D eigenvalue weighted by Gasteiger charge is 2.11. The van der Waals surface area contributed by atoms with Crippen molar-refractivity contribution < 1.29 is 9.15 Å². The number of nitrogens with zero attached hydrogens (tertiary/aromatic N) is 2. The van der Waals surface area contributed by atoms with Gasteiger partial charge in [-0.2, -0.15) is 0 Å². The summed E-state index contributed by atoms with van der Waals surface area (Å²) in [5.74, 6) is 1.67. The topological polar surface area (TPSA) is 48.2 Å². The summed E-state index contributed by atoms with van der Waals surface area (Å²) in [6.45, 7) is 6.05. The molecular weight excluding hydrogens is 252 g/mol. The van der Waals surface area contributed by atoms with Crippen LogP contribution >= 0.6 is 11.6 Å². The minimum atomic E-state index is -0.285. The van der Waals surface area contributed by atoms with Gasteiger partial charge in [-0.1, -0.05) is 12.1 Å². The van der Waals surface area contributed by atoms with E-state index in [9.17, 15) is 0 Å². The maximum absolute atomic E-state index is 5.84. The van der Waals surface area contributed by atoms with Gasteiger partial charge in [0.1, 0.15) is 11.1 Å². The monoisotopic (exact) mass is 266 g/mol. The van der Waals surface area contributed by atoms with E-state index in [2.05, 4.69) is 10.2 Å². The van der Waals surface area contributed by atoms with Crippen LogP contribution in [0.1, 0.15) is 35.2 Å². The molecule has 0 fully saturated rings. The minimum absolute atomic E-state index is 0.251. The van der Waals surface area contributed by atoms with Crippen LogP contribution in [0.4, 0.5) is 0 Å². The molecule has 18 heavy (non-hydrogen) atoms. The highest BCUT2D eigenvalue weighted by Crippen LogP contribution is 2.21. The molecule has 1 unspecified atom stereocenters. The van der Waals surface area contributed by atoms with Crippen LogP contribution in [0.5, 0.6) is 5.75 Å². The standard InChI is InChI=1S/C13H15ClN2O2/c1-8-4-5-9(2)11(6-8)17-7-12-15-16-13(18-12)10(3)14/h4-6,10H,7H2,1-3H3. The summed E-state index contributed by atoms with van der Waals surface area (Å²) in [6, 6.07) is 6.05. The minimum Gasteiger partial charge on any atom is -0.484 e. The summed E-state index contributed by atoms with van der Waals surface area (Å²) in [4.78, 5) is 0. The molecule has 1 aromatic heterocycles. The van der Waals surface area contributed by atoms with Gasteiger partial charge in [0.2, 0.25) is 5.89 Å². The van der Waals surface area contributed by atoms with Crippen LogP contribution < -0.4 is 4.74 Å². The Balaban J connectivity index is 2.04. The first-order valence-corrected chi connectivity index (χ1v) is 6.16. The lowest BCUT2D eigenvalue weighted by molar-refractivity contribution is 0.257. The number of rotatable bonds is 4. The number of hydrogen-bond acceptors (Lipinski definition) is 4. The summed E-state index contributed by atoms with van der Waals surface area (Å²) < 4.78 is 11.0. The molecule has 0 saturated heterocycles. The maximum Gasteiger partial charge on any atom is 0.253 e. The van der Waals surface area contributed by atoms with E-state index in [1.807, 2.05) is 32.0 Å². The molecule has 0 amide bonds. The van der Waals surface area contributed by atoms with Gasteiger partial charge in [-0.25, -0.2) is 0 Å². The molecule has 0 aliphatic heterocycles. The Morgan fingerprint density at radius 1 is 1.33 bits per heavy atom. The highest BCUT2D eigenvalue weighted by molar-refractivity contribution is 6.20. The predicted octanol–water partition coefficient (Wildman–Crippen LogP) is 3.57. The molecule has 1 aromatic carbocycles. The van der Waals surface area contributed by atoms with E-state index < -0.39 is 0 Å². The molecule has 0 aliphatic carbocycles. The Morgan fingerprint density at radius 2 is 2.11 bits per heavy atom. The van der Waals surface area contributed by atoms with E-state index in [1.54, 1.807) is 6.92 Å². The average molecular weight is 267 g/mol. The Morgan fingerprint density at radius 3 is 2.78 bits per heavy atom. The van der Waals surface area contributed by atoms with Crippen molar-refractivity contribution in [2.45, 2.75) is 32.8 Å². The molecule has 1 atom stereocenters. The highest BCUT2D eigenvalue weighted by atomic mass is 35.5. The van der Waals surface area contributed by atoms with E-state index in [4.69, 9.17) is 20.8 Å². The van der Waals surface area contributed by atoms with Gasteiger partial charge < -0.3 is 9.15 Å². The van der Waals surface area contributed by atoms with Gasteiger partial charge in [-0.3, -0.25) is 0 Å². The first-order chi connectivity index (χ1) is 8.56. The van der Waals surface area contributed by atoms with Crippen molar-refractivity contribution in [3.63, 3.8) is 0 Å². The van der Waals surface area contributed by atoms with Gasteiger partial charge in [0.15, 0.2) is 6.61 Å². The van der Waals surface area contributed by atoms with Crippen molar-refractivity contribution in [3.8, 4) is 5.75 Å². The van der Waals surface area contributed by atoms with Crippen LogP contribution in [-0.2, 0) is 6.61 Å². The molecule has 2 aromatic rings. The van der Waals surface area contributed by atoms with Crippen molar-refractivity contribution >= 4 is 11.6 Å². The molecule has 1 heterocycles. The van der Waals surface area contributed by atoms with E-state index in [0.29, 0.717) is 11.8 Å². The quantitative estimate of drug-likeness (QED) is 0.794. The molecule has 4 nitrogen and oxygen atoms in total. The summed E-state index contributed by atoms with van der Waals surface area (Å²) in [6.07, 6.45) is 0. The van der Waals surface area contributed by atoms with Crippen molar-refractivity contribution in [2.75, 3.05) is 0 Å². The lowest BCUT2D eigenvalue weighted by atomic mass is 10.1. The summed E-state index contributed by atoms with van der Waals surface area (Å²) in [5.41, 5.74) is 2.22. The maximum atomic E-state index is 5.84. The number of alkyl halides is 1. The van der Waals surface area contributed by atoms with Crippen LogP contribution in [0.25, 0.3) is 0 Å². The van der Waals surface area contributed by atoms with Crippen molar-refractivity contribution in [3.05, 3.63) is 41.1 Å². The van der Waals surface area contributed by atoms with E-state index >= 15 is 0 Å². The zero-order chi connectivity index (χ0) is 13.1. The van der Waals surface area contributed by atoms with Crippen LogP contribution in [0, 0.1) is 13.8 Å². The van der Waals surface area contributed by atoms with E-state index in [-0.39, 0.29) is 12.0 Å². The van der Waals surface area contributed by atoms with Gasteiger partial charge >= 0.3 is 0 Å². The second-order valence-corrected chi connectivity index (χ2v) is 4.86. The smallest absolute Gasteiger partial charge is 0.253 e. The molecule has 0 aliphatic rings. The molecule has 0 saturated carbocycles. The summed E-state index contributed by atoms with van der Waals surface area (Å²) in [5, 5.41) is 7.43. The third-order valence-corrected chi connectivity index (χ3v) is 2.70. The lowest BCUT2D eigenvalue weighted by Gasteiger charge is -2.07. The van der Waals surface area contributed by atoms with Gasteiger partial charge in [-0.05, 0) is 38.0 Å². The van der Waals surface area contributed by atoms with Gasteiger partial charge in [0.25, 0.3) is 5.89 Å². The molecule has 5 heteroatoms. The van der Waals surface area contributed by atoms with Gasteiger partial charge in [0.05, 0.1) is 0 Å². The summed E-state index contributed by atoms with van der Waals surface area (Å²) in [7, 11) is 0. The number of halogens is 1. The van der Waals surface area contributed by atoms with Crippen LogP contribution in [0.15, 0.2) is 22.6 Å². The van der Waals surface area contributed by atoms with Crippen molar-refractivity contribution in [1.29, 1.82) is 0 Å². The van der Waals surface area contributed by atoms with E-state index in [1.165, 1.54) is 0 Å². The van der Waals surface area contributed by atoms with Crippen molar-refractivity contribution in [2.24, 2.45) is 0 Å². The largest absolute Gasteiger partial charge is 0.484 e. The second kappa shape index (κ2) is 5.40. The molecule has 0 radical (unpaired) electrons. The molecule has 2 rings (SSSR count). The summed E-state index contributed by atoms with van der Waals surface area (Å²) >= 11 is 5.84. The fraction of sp³-hybridized carbons (Fsp3) is 0.385. The van der Waals surface area contributed by atoms with E-state index in [0.717, 1.165) is 16.9 Å². The van der Waals surface area contributed by atoms with Crippen LogP contribution in [0.3, 0.4) is 0 Å². The number of hydrogen-bond donors (Lipinski definition) is 0. The number of aryl methyl sites for hydroxylation is 2. The van der Waals surface area contributed by atoms with Crippen LogP contribution in [-0.4, -0.2) is 10.2 Å². The normalized spacial score (nSPS) is 12.4. The van der Waals surface area contributed by atoms with Gasteiger partial charge in [0, 0.05) is 0 Å². The Kier molecular flexibility index (Phi) is 3.87. The number of benzene rings is 1. The lowest BCUT2D eigenvalue weighted by Crippen LogP contribution is -1.97. The fourth-order valence-corrected chi connectivity index (χ4v) is 1.58. The fourth-order valence-electron chi connectivity index (χ4n) is 1.49. The second-order valence-electron chi connectivity index (χ2n) is 4.21. The molecular formula is C13H15ClN2O2. The Hall–Kier alpha value is -1.55. The predicted molar refractivity (Wildman–Crippen MR) is 68.8 cm³/mol. The molecule has 0 N–H and O–H groups in total. The zero-order valence-corrected chi connectivity index (χ0v) is 11.4. The first-order valence-electron chi connectivity index (χ1n) is 5.72. The average Bonchev–Trinajstić information content (AvgIpc) is 2.79. The Bertz CT molecular complexity index is 538. The SMILES string of the molecule is Cc1ccc(C)c(OCc2nnc(C(C)Cl)o2)c1.